The molecule has 26 heavy (non-hydrogen) atoms. The second-order valence-electron chi connectivity index (χ2n) is 7.93. The highest BCUT2D eigenvalue weighted by Crippen LogP contribution is 2.29. The molecule has 0 radical (unpaired) electrons. The highest BCUT2D eigenvalue weighted by atomic mass is 16.3. The van der Waals surface area contributed by atoms with Crippen LogP contribution in [0.1, 0.15) is 68.7 Å². The zero-order valence-corrected chi connectivity index (χ0v) is 16.9. The molecule has 1 N–H and O–H groups in total. The van der Waals surface area contributed by atoms with Gasteiger partial charge in [-0.25, -0.2) is 0 Å². The van der Waals surface area contributed by atoms with E-state index < -0.39 is 6.10 Å². The van der Waals surface area contributed by atoms with Gasteiger partial charge in [0.1, 0.15) is 0 Å². The Morgan fingerprint density at radius 3 is 1.92 bits per heavy atom. The Kier molecular flexibility index (Phi) is 8.34. The van der Waals surface area contributed by atoms with Crippen LogP contribution >= 0.6 is 0 Å². The molecule has 0 aliphatic rings. The van der Waals surface area contributed by atoms with Crippen LogP contribution in [0.4, 0.5) is 0 Å². The largest absolute Gasteiger partial charge is 0.389 e. The van der Waals surface area contributed by atoms with Crippen molar-refractivity contribution in [3.63, 3.8) is 0 Å². The van der Waals surface area contributed by atoms with E-state index in [1.54, 1.807) is 0 Å². The highest BCUT2D eigenvalue weighted by molar-refractivity contribution is 5.34. The lowest BCUT2D eigenvalue weighted by Crippen LogP contribution is -2.23. The summed E-state index contributed by atoms with van der Waals surface area (Å²) in [7, 11) is 2.24. The second kappa shape index (κ2) is 10.5. The minimum Gasteiger partial charge on any atom is -0.389 e. The lowest BCUT2D eigenvalue weighted by molar-refractivity contribution is 0.199. The molecule has 0 saturated carbocycles. The first-order valence-corrected chi connectivity index (χ1v) is 9.98. The van der Waals surface area contributed by atoms with Crippen LogP contribution in [-0.2, 0) is 0 Å². The predicted molar refractivity (Wildman–Crippen MR) is 112 cm³/mol. The minimum atomic E-state index is -0.411. The molecule has 2 rings (SSSR count). The van der Waals surface area contributed by atoms with Gasteiger partial charge < -0.3 is 10.0 Å². The molecule has 0 heterocycles. The number of hydrogen-bond donors (Lipinski definition) is 1. The normalized spacial score (nSPS) is 14.0. The number of rotatable bonds is 10. The van der Waals surface area contributed by atoms with E-state index in [9.17, 15) is 5.11 Å². The number of aliphatic hydroxyl groups is 1. The zero-order valence-electron chi connectivity index (χ0n) is 16.9. The van der Waals surface area contributed by atoms with Crippen molar-refractivity contribution in [1.29, 1.82) is 0 Å². The van der Waals surface area contributed by atoms with Crippen LogP contribution < -0.4 is 0 Å². The third kappa shape index (κ3) is 6.59. The molecule has 0 aliphatic heterocycles. The van der Waals surface area contributed by atoms with Crippen molar-refractivity contribution in [1.82, 2.24) is 4.90 Å². The molecule has 0 saturated heterocycles. The van der Waals surface area contributed by atoms with Gasteiger partial charge in [0.05, 0.1) is 6.10 Å². The van der Waals surface area contributed by atoms with Crippen LogP contribution in [-0.4, -0.2) is 30.1 Å². The van der Waals surface area contributed by atoms with Crippen LogP contribution in [0.2, 0.25) is 0 Å². The van der Waals surface area contributed by atoms with Gasteiger partial charge in [0.25, 0.3) is 0 Å². The summed E-state index contributed by atoms with van der Waals surface area (Å²) in [6.07, 6.45) is 3.27. The Labute approximate surface area is 159 Å². The Morgan fingerprint density at radius 2 is 1.35 bits per heavy atom. The van der Waals surface area contributed by atoms with Crippen molar-refractivity contribution in [2.75, 3.05) is 20.1 Å². The van der Waals surface area contributed by atoms with Crippen molar-refractivity contribution >= 4 is 0 Å². The molecule has 2 heteroatoms. The monoisotopic (exact) mass is 353 g/mol. The molecule has 0 amide bonds. The fourth-order valence-electron chi connectivity index (χ4n) is 3.45. The smallest absolute Gasteiger partial charge is 0.0761 e. The third-order valence-corrected chi connectivity index (χ3v) is 5.14. The van der Waals surface area contributed by atoms with E-state index in [1.165, 1.54) is 30.5 Å². The summed E-state index contributed by atoms with van der Waals surface area (Å²) in [6.45, 7) is 8.66. The van der Waals surface area contributed by atoms with Gasteiger partial charge in [-0.05, 0) is 68.9 Å². The van der Waals surface area contributed by atoms with Gasteiger partial charge in [-0.1, -0.05) is 68.4 Å². The van der Waals surface area contributed by atoms with Gasteiger partial charge in [-0.2, -0.15) is 0 Å². The summed E-state index contributed by atoms with van der Waals surface area (Å²) >= 11 is 0. The van der Waals surface area contributed by atoms with E-state index in [1.807, 2.05) is 6.92 Å². The Morgan fingerprint density at radius 1 is 0.769 bits per heavy atom. The predicted octanol–water partition coefficient (Wildman–Crippen LogP) is 5.63. The fraction of sp³-hybridized carbons (Fsp3) is 0.500. The van der Waals surface area contributed by atoms with E-state index in [0.29, 0.717) is 5.92 Å². The summed E-state index contributed by atoms with van der Waals surface area (Å²) in [5.41, 5.74) is 3.68. The first-order chi connectivity index (χ1) is 12.5. The number of aliphatic hydroxyl groups excluding tert-OH is 1. The summed E-state index contributed by atoms with van der Waals surface area (Å²) in [5.74, 6) is 1.18. The van der Waals surface area contributed by atoms with Crippen LogP contribution in [0.5, 0.6) is 0 Å². The van der Waals surface area contributed by atoms with Crippen LogP contribution in [0.15, 0.2) is 54.6 Å². The second-order valence-corrected chi connectivity index (χ2v) is 7.93. The topological polar surface area (TPSA) is 23.5 Å². The Balaban J connectivity index is 2.05. The van der Waals surface area contributed by atoms with E-state index in [-0.39, 0.29) is 0 Å². The van der Waals surface area contributed by atoms with E-state index in [0.717, 1.165) is 24.4 Å². The lowest BCUT2D eigenvalue weighted by Gasteiger charge is -2.23. The van der Waals surface area contributed by atoms with Crippen molar-refractivity contribution in [3.05, 3.63) is 71.3 Å². The third-order valence-electron chi connectivity index (χ3n) is 5.14. The Hall–Kier alpha value is -1.64. The fourth-order valence-corrected chi connectivity index (χ4v) is 3.45. The maximum atomic E-state index is 9.76. The van der Waals surface area contributed by atoms with Gasteiger partial charge in [0, 0.05) is 5.92 Å². The lowest BCUT2D eigenvalue weighted by atomic mass is 9.87. The molecule has 2 unspecified atom stereocenters. The van der Waals surface area contributed by atoms with Crippen molar-refractivity contribution in [2.24, 2.45) is 5.92 Å². The Bertz CT molecular complexity index is 618. The molecule has 2 nitrogen and oxygen atoms in total. The molecule has 0 bridgehead atoms. The summed E-state index contributed by atoms with van der Waals surface area (Å²) in [6, 6.07) is 19.3. The molecule has 2 aromatic rings. The average Bonchev–Trinajstić information content (AvgIpc) is 2.63. The zero-order chi connectivity index (χ0) is 18.9. The molecule has 2 atom stereocenters. The number of benzene rings is 2. The highest BCUT2D eigenvalue weighted by Gasteiger charge is 2.15. The van der Waals surface area contributed by atoms with E-state index >= 15 is 0 Å². The average molecular weight is 354 g/mol. The van der Waals surface area contributed by atoms with Gasteiger partial charge in [-0.15, -0.1) is 0 Å². The van der Waals surface area contributed by atoms with Crippen molar-refractivity contribution in [2.45, 2.75) is 52.1 Å². The molecule has 0 aliphatic carbocycles. The molecule has 0 aromatic heterocycles. The summed E-state index contributed by atoms with van der Waals surface area (Å²) in [4.78, 5) is 2.46. The van der Waals surface area contributed by atoms with Crippen LogP contribution in [0.25, 0.3) is 0 Å². The van der Waals surface area contributed by atoms with Gasteiger partial charge in [0.15, 0.2) is 0 Å². The SMILES string of the molecule is CC(C)CCCN(C)CCC(c1ccccc1)c1ccc(C(C)O)cc1. The van der Waals surface area contributed by atoms with Crippen molar-refractivity contribution < 1.29 is 5.11 Å². The van der Waals surface area contributed by atoms with E-state index in [2.05, 4.69) is 80.4 Å². The first kappa shape index (κ1) is 20.7. The van der Waals surface area contributed by atoms with E-state index in [4.69, 9.17) is 0 Å². The quantitative estimate of drug-likeness (QED) is 0.598. The van der Waals surface area contributed by atoms with Crippen LogP contribution in [0, 0.1) is 5.92 Å². The van der Waals surface area contributed by atoms with Crippen LogP contribution in [0.3, 0.4) is 0 Å². The van der Waals surface area contributed by atoms with Crippen molar-refractivity contribution in [3.8, 4) is 0 Å². The molecular formula is C24H35NO. The molecular weight excluding hydrogens is 318 g/mol. The van der Waals surface area contributed by atoms with Gasteiger partial charge >= 0.3 is 0 Å². The first-order valence-electron chi connectivity index (χ1n) is 9.98. The molecule has 2 aromatic carbocycles. The number of hydrogen-bond acceptors (Lipinski definition) is 2. The van der Waals surface area contributed by atoms with Gasteiger partial charge in [0.2, 0.25) is 0 Å². The molecule has 142 valence electrons. The standard InChI is InChI=1S/C24H35NO/c1-19(2)9-8-17-25(4)18-16-24(22-10-6-5-7-11-22)23-14-12-21(13-15-23)20(3)26/h5-7,10-15,19-20,24,26H,8-9,16-18H2,1-4H3. The maximum absolute atomic E-state index is 9.76. The molecule has 0 spiro atoms. The maximum Gasteiger partial charge on any atom is 0.0761 e. The minimum absolute atomic E-state index is 0.395. The molecule has 0 fully saturated rings. The summed E-state index contributed by atoms with van der Waals surface area (Å²) < 4.78 is 0. The number of nitrogens with zero attached hydrogens (tertiary/aromatic N) is 1. The van der Waals surface area contributed by atoms with Gasteiger partial charge in [-0.3, -0.25) is 0 Å². The summed E-state index contributed by atoms with van der Waals surface area (Å²) in [5, 5.41) is 9.76.